The Morgan fingerprint density at radius 1 is 1.33 bits per heavy atom. The van der Waals surface area contributed by atoms with Gasteiger partial charge in [-0.3, -0.25) is 10.2 Å². The second-order valence-electron chi connectivity index (χ2n) is 4.05. The van der Waals surface area contributed by atoms with Crippen molar-refractivity contribution < 1.29 is 4.79 Å². The van der Waals surface area contributed by atoms with E-state index in [9.17, 15) is 4.79 Å². The Hall–Kier alpha value is -1.59. The van der Waals surface area contributed by atoms with Crippen LogP contribution in [0, 0.1) is 13.8 Å². The number of aromatic nitrogens is 1. The molecule has 0 aliphatic rings. The van der Waals surface area contributed by atoms with Crippen LogP contribution in [0.2, 0.25) is 0 Å². The van der Waals surface area contributed by atoms with Gasteiger partial charge >= 0.3 is 0 Å². The van der Waals surface area contributed by atoms with Crippen LogP contribution in [0.4, 0.5) is 0 Å². The molecule has 94 valence electrons. The summed E-state index contributed by atoms with van der Waals surface area (Å²) in [5, 5.41) is 0. The first-order valence-electron chi connectivity index (χ1n) is 5.51. The number of carbonyl (C=O) groups excluding carboxylic acids is 1. The van der Waals surface area contributed by atoms with Gasteiger partial charge in [0.15, 0.2) is 0 Å². The van der Waals surface area contributed by atoms with Crippen molar-refractivity contribution in [2.75, 3.05) is 0 Å². The lowest BCUT2D eigenvalue weighted by Gasteiger charge is -2.11. The summed E-state index contributed by atoms with van der Waals surface area (Å²) in [5.41, 5.74) is 5.60. The smallest absolute Gasteiger partial charge is 0.267 e. The molecular formula is C13H14BrN3O. The molecule has 1 aromatic carbocycles. The molecular weight excluding hydrogens is 294 g/mol. The van der Waals surface area contributed by atoms with Gasteiger partial charge in [0.1, 0.15) is 0 Å². The molecule has 2 aromatic rings. The van der Waals surface area contributed by atoms with Crippen molar-refractivity contribution in [3.05, 3.63) is 51.8 Å². The molecule has 0 atom stereocenters. The maximum absolute atomic E-state index is 11.7. The highest BCUT2D eigenvalue weighted by atomic mass is 79.9. The Morgan fingerprint density at radius 2 is 2.00 bits per heavy atom. The van der Waals surface area contributed by atoms with Crippen LogP contribution in [-0.4, -0.2) is 10.5 Å². The highest BCUT2D eigenvalue weighted by Gasteiger charge is 2.16. The monoisotopic (exact) mass is 307 g/mol. The average molecular weight is 308 g/mol. The fraction of sp³-hybridized carbons (Fsp3) is 0.154. The predicted molar refractivity (Wildman–Crippen MR) is 74.6 cm³/mol. The number of nitrogens with two attached hydrogens (primary N) is 1. The third-order valence-electron chi connectivity index (χ3n) is 2.90. The number of carbonyl (C=O) groups is 1. The number of para-hydroxylation sites is 1. The molecule has 0 spiro atoms. The number of aryl methyl sites for hydroxylation is 1. The van der Waals surface area contributed by atoms with Crippen molar-refractivity contribution in [1.82, 2.24) is 9.99 Å². The number of hydrazine groups is 1. The van der Waals surface area contributed by atoms with Crippen LogP contribution in [0.1, 0.15) is 21.7 Å². The maximum Gasteiger partial charge on any atom is 0.267 e. The first-order chi connectivity index (χ1) is 8.56. The molecule has 0 saturated heterocycles. The topological polar surface area (TPSA) is 60.1 Å². The van der Waals surface area contributed by atoms with E-state index in [2.05, 4.69) is 21.4 Å². The van der Waals surface area contributed by atoms with Crippen LogP contribution in [0.5, 0.6) is 0 Å². The summed E-state index contributed by atoms with van der Waals surface area (Å²) in [6.07, 6.45) is 0. The van der Waals surface area contributed by atoms with Crippen molar-refractivity contribution in [1.29, 1.82) is 0 Å². The normalized spacial score (nSPS) is 10.4. The summed E-state index contributed by atoms with van der Waals surface area (Å²) < 4.78 is 3.00. The van der Waals surface area contributed by atoms with Gasteiger partial charge in [-0.15, -0.1) is 0 Å². The summed E-state index contributed by atoms with van der Waals surface area (Å²) in [6, 6.07) is 9.71. The zero-order chi connectivity index (χ0) is 13.3. The zero-order valence-electron chi connectivity index (χ0n) is 10.2. The molecule has 1 aromatic heterocycles. The number of nitrogen functional groups attached to an aromatic ring is 1. The van der Waals surface area contributed by atoms with Crippen molar-refractivity contribution in [3.63, 3.8) is 0 Å². The number of amides is 1. The van der Waals surface area contributed by atoms with Gasteiger partial charge in [0, 0.05) is 15.9 Å². The maximum atomic E-state index is 11.7. The largest absolute Gasteiger partial charge is 0.317 e. The van der Waals surface area contributed by atoms with E-state index in [4.69, 9.17) is 5.84 Å². The van der Waals surface area contributed by atoms with E-state index in [1.807, 2.05) is 48.7 Å². The predicted octanol–water partition coefficient (Wildman–Crippen LogP) is 2.46. The van der Waals surface area contributed by atoms with E-state index < -0.39 is 0 Å². The van der Waals surface area contributed by atoms with Crippen LogP contribution in [0.25, 0.3) is 5.69 Å². The molecule has 0 unspecified atom stereocenters. The van der Waals surface area contributed by atoms with E-state index >= 15 is 0 Å². The van der Waals surface area contributed by atoms with Crippen molar-refractivity contribution >= 4 is 21.8 Å². The van der Waals surface area contributed by atoms with Gasteiger partial charge < -0.3 is 4.57 Å². The summed E-state index contributed by atoms with van der Waals surface area (Å²) >= 11 is 3.52. The minimum atomic E-state index is -0.276. The molecule has 2 rings (SSSR count). The number of nitrogens with one attached hydrogen (secondary N) is 1. The summed E-state index contributed by atoms with van der Waals surface area (Å²) in [4.78, 5) is 11.7. The highest BCUT2D eigenvalue weighted by molar-refractivity contribution is 9.10. The molecule has 0 aliphatic carbocycles. The molecule has 0 saturated carbocycles. The standard InChI is InChI=1S/C13H14BrN3O/c1-8-7-10(13(18)16-15)9(2)17(8)12-6-4-3-5-11(12)14/h3-7H,15H2,1-2H3,(H,16,18). The third-order valence-corrected chi connectivity index (χ3v) is 3.57. The van der Waals surface area contributed by atoms with Crippen LogP contribution in [0.3, 0.4) is 0 Å². The second-order valence-corrected chi connectivity index (χ2v) is 4.90. The Bertz CT molecular complexity index is 604. The van der Waals surface area contributed by atoms with E-state index in [-0.39, 0.29) is 5.91 Å². The van der Waals surface area contributed by atoms with Gasteiger partial charge in [-0.05, 0) is 48.0 Å². The van der Waals surface area contributed by atoms with Gasteiger partial charge in [0.25, 0.3) is 5.91 Å². The number of benzene rings is 1. The summed E-state index contributed by atoms with van der Waals surface area (Å²) in [7, 11) is 0. The molecule has 0 bridgehead atoms. The number of halogens is 1. The molecule has 1 heterocycles. The molecule has 5 heteroatoms. The fourth-order valence-electron chi connectivity index (χ4n) is 2.07. The lowest BCUT2D eigenvalue weighted by molar-refractivity contribution is 0.0953. The number of hydrogen-bond donors (Lipinski definition) is 2. The minimum absolute atomic E-state index is 0.276. The van der Waals surface area contributed by atoms with Gasteiger partial charge in [-0.25, -0.2) is 5.84 Å². The quantitative estimate of drug-likeness (QED) is 0.508. The van der Waals surface area contributed by atoms with Crippen molar-refractivity contribution in [3.8, 4) is 5.69 Å². The number of rotatable bonds is 2. The van der Waals surface area contributed by atoms with E-state index in [0.717, 1.165) is 21.5 Å². The number of hydrogen-bond acceptors (Lipinski definition) is 2. The van der Waals surface area contributed by atoms with E-state index in [1.54, 1.807) is 0 Å². The molecule has 0 fully saturated rings. The zero-order valence-corrected chi connectivity index (χ0v) is 11.8. The lowest BCUT2D eigenvalue weighted by atomic mass is 10.2. The molecule has 18 heavy (non-hydrogen) atoms. The molecule has 4 nitrogen and oxygen atoms in total. The Morgan fingerprint density at radius 3 is 2.61 bits per heavy atom. The Balaban J connectivity index is 2.63. The lowest BCUT2D eigenvalue weighted by Crippen LogP contribution is -2.30. The first kappa shape index (κ1) is 12.9. The van der Waals surface area contributed by atoms with Gasteiger partial charge in [0.05, 0.1) is 11.3 Å². The number of nitrogens with zero attached hydrogens (tertiary/aromatic N) is 1. The molecule has 0 radical (unpaired) electrons. The van der Waals surface area contributed by atoms with Crippen LogP contribution in [0.15, 0.2) is 34.8 Å². The Kier molecular flexibility index (Phi) is 3.54. The molecule has 0 aliphatic heterocycles. The van der Waals surface area contributed by atoms with Gasteiger partial charge in [0.2, 0.25) is 0 Å². The van der Waals surface area contributed by atoms with E-state index in [0.29, 0.717) is 5.56 Å². The van der Waals surface area contributed by atoms with Crippen molar-refractivity contribution in [2.24, 2.45) is 5.84 Å². The first-order valence-corrected chi connectivity index (χ1v) is 6.30. The van der Waals surface area contributed by atoms with Crippen LogP contribution >= 0.6 is 15.9 Å². The van der Waals surface area contributed by atoms with E-state index in [1.165, 1.54) is 0 Å². The second kappa shape index (κ2) is 4.96. The van der Waals surface area contributed by atoms with Gasteiger partial charge in [-0.1, -0.05) is 12.1 Å². The highest BCUT2D eigenvalue weighted by Crippen LogP contribution is 2.26. The van der Waals surface area contributed by atoms with Crippen LogP contribution < -0.4 is 11.3 Å². The van der Waals surface area contributed by atoms with Gasteiger partial charge in [-0.2, -0.15) is 0 Å². The SMILES string of the molecule is Cc1cc(C(=O)NN)c(C)n1-c1ccccc1Br. The molecule has 3 N–H and O–H groups in total. The third kappa shape index (κ3) is 2.07. The van der Waals surface area contributed by atoms with Crippen LogP contribution in [-0.2, 0) is 0 Å². The molecule has 1 amide bonds. The Labute approximate surface area is 114 Å². The van der Waals surface area contributed by atoms with Crippen molar-refractivity contribution in [2.45, 2.75) is 13.8 Å². The summed E-state index contributed by atoms with van der Waals surface area (Å²) in [6.45, 7) is 3.86. The fourth-order valence-corrected chi connectivity index (χ4v) is 2.54. The average Bonchev–Trinajstić information content (AvgIpc) is 2.65. The minimum Gasteiger partial charge on any atom is -0.317 e. The summed E-state index contributed by atoms with van der Waals surface area (Å²) in [5.74, 6) is 4.91.